The van der Waals surface area contributed by atoms with Gasteiger partial charge in [-0.05, 0) is 13.3 Å². The van der Waals surface area contributed by atoms with Gasteiger partial charge < -0.3 is 4.74 Å². The van der Waals surface area contributed by atoms with Gasteiger partial charge in [-0.25, -0.2) is 5.43 Å². The molecule has 0 bridgehead atoms. The molecule has 1 atom stereocenters. The number of esters is 1. The van der Waals surface area contributed by atoms with Crippen molar-refractivity contribution in [2.24, 2.45) is 0 Å². The summed E-state index contributed by atoms with van der Waals surface area (Å²) in [7, 11) is 0. The highest BCUT2D eigenvalue weighted by atomic mass is 16.5. The summed E-state index contributed by atoms with van der Waals surface area (Å²) in [6, 6.07) is -0.518. The fourth-order valence-corrected chi connectivity index (χ4v) is 0.596. The summed E-state index contributed by atoms with van der Waals surface area (Å²) in [6.07, 6.45) is 0.790. The van der Waals surface area contributed by atoms with Crippen LogP contribution in [0.15, 0.2) is 0 Å². The molecule has 0 aliphatic rings. The lowest BCUT2D eigenvalue weighted by Gasteiger charge is -2.12. The molecule has 5 heteroatoms. The van der Waals surface area contributed by atoms with Crippen LogP contribution in [0.5, 0.6) is 0 Å². The summed E-state index contributed by atoms with van der Waals surface area (Å²) in [5, 5.41) is 0. The number of hydrogen-bond acceptors (Lipinski definition) is 4. The third-order valence-electron chi connectivity index (χ3n) is 1.27. The van der Waals surface area contributed by atoms with Gasteiger partial charge in [0.25, 0.3) is 0 Å². The van der Waals surface area contributed by atoms with E-state index in [-0.39, 0.29) is 11.9 Å². The minimum absolute atomic E-state index is 0.241. The van der Waals surface area contributed by atoms with Crippen molar-refractivity contribution in [2.75, 3.05) is 6.61 Å². The Labute approximate surface area is 77.8 Å². The zero-order valence-corrected chi connectivity index (χ0v) is 8.22. The fourth-order valence-electron chi connectivity index (χ4n) is 0.596. The average Bonchev–Trinajstić information content (AvgIpc) is 2.10. The Balaban J connectivity index is 3.62. The first-order chi connectivity index (χ1) is 6.07. The van der Waals surface area contributed by atoms with Crippen LogP contribution in [0.1, 0.15) is 27.2 Å². The van der Waals surface area contributed by atoms with Gasteiger partial charge in [0.15, 0.2) is 0 Å². The molecule has 0 heterocycles. The molecule has 0 aliphatic heterocycles. The normalized spacial score (nSPS) is 11.9. The molecule has 0 aromatic heterocycles. The number of hydrazine groups is 1. The van der Waals surface area contributed by atoms with Crippen LogP contribution in [0.25, 0.3) is 0 Å². The first kappa shape index (κ1) is 11.9. The number of carbonyl (C=O) groups is 2. The van der Waals surface area contributed by atoms with Crippen LogP contribution in [-0.4, -0.2) is 24.5 Å². The molecule has 5 nitrogen and oxygen atoms in total. The van der Waals surface area contributed by atoms with Crippen LogP contribution in [0.2, 0.25) is 0 Å². The Bertz CT molecular complexity index is 182. The van der Waals surface area contributed by atoms with Crippen molar-refractivity contribution in [3.8, 4) is 0 Å². The zero-order valence-electron chi connectivity index (χ0n) is 8.22. The molecular formula is C8H16N2O3. The monoisotopic (exact) mass is 188 g/mol. The topological polar surface area (TPSA) is 67.4 Å². The van der Waals surface area contributed by atoms with Crippen molar-refractivity contribution in [1.29, 1.82) is 0 Å². The van der Waals surface area contributed by atoms with Crippen LogP contribution in [0.3, 0.4) is 0 Å². The largest absolute Gasteiger partial charge is 0.464 e. The maximum Gasteiger partial charge on any atom is 0.324 e. The fraction of sp³-hybridized carbons (Fsp3) is 0.750. The van der Waals surface area contributed by atoms with Crippen molar-refractivity contribution >= 4 is 11.9 Å². The summed E-state index contributed by atoms with van der Waals surface area (Å²) < 4.78 is 4.83. The van der Waals surface area contributed by atoms with Crippen molar-refractivity contribution in [3.63, 3.8) is 0 Å². The Kier molecular flexibility index (Phi) is 5.88. The van der Waals surface area contributed by atoms with E-state index >= 15 is 0 Å². The minimum Gasteiger partial charge on any atom is -0.464 e. The molecule has 0 fully saturated rings. The van der Waals surface area contributed by atoms with Crippen LogP contribution < -0.4 is 10.9 Å². The Morgan fingerprint density at radius 2 is 2.08 bits per heavy atom. The Morgan fingerprint density at radius 3 is 2.54 bits per heavy atom. The second-order valence-electron chi connectivity index (χ2n) is 2.71. The van der Waals surface area contributed by atoms with E-state index in [4.69, 9.17) is 4.74 Å². The molecule has 76 valence electrons. The number of rotatable bonds is 5. The van der Waals surface area contributed by atoms with Crippen molar-refractivity contribution < 1.29 is 14.3 Å². The van der Waals surface area contributed by atoms with Gasteiger partial charge >= 0.3 is 5.97 Å². The number of hydrogen-bond donors (Lipinski definition) is 2. The van der Waals surface area contributed by atoms with E-state index in [0.29, 0.717) is 6.61 Å². The van der Waals surface area contributed by atoms with Gasteiger partial charge in [0.05, 0.1) is 6.61 Å². The molecular weight excluding hydrogens is 172 g/mol. The number of nitrogens with one attached hydrogen (secondary N) is 2. The first-order valence-corrected chi connectivity index (χ1v) is 4.26. The van der Waals surface area contributed by atoms with E-state index in [2.05, 4.69) is 10.9 Å². The second-order valence-corrected chi connectivity index (χ2v) is 2.71. The Morgan fingerprint density at radius 1 is 1.46 bits per heavy atom. The summed E-state index contributed by atoms with van der Waals surface area (Å²) in [4.78, 5) is 21.5. The second kappa shape index (κ2) is 6.42. The van der Waals surface area contributed by atoms with E-state index in [9.17, 15) is 9.59 Å². The van der Waals surface area contributed by atoms with Crippen molar-refractivity contribution in [3.05, 3.63) is 0 Å². The molecule has 0 aliphatic carbocycles. The lowest BCUT2D eigenvalue weighted by molar-refractivity contribution is -0.146. The zero-order chi connectivity index (χ0) is 10.3. The van der Waals surface area contributed by atoms with Gasteiger partial charge in [-0.15, -0.1) is 0 Å². The van der Waals surface area contributed by atoms with Gasteiger partial charge in [0, 0.05) is 6.92 Å². The highest BCUT2D eigenvalue weighted by molar-refractivity contribution is 5.76. The SMILES string of the molecule is CCCOC(=O)[C@H](C)NNC(C)=O. The van der Waals surface area contributed by atoms with E-state index in [0.717, 1.165) is 6.42 Å². The maximum absolute atomic E-state index is 11.1. The van der Waals surface area contributed by atoms with Crippen LogP contribution in [0, 0.1) is 0 Å². The maximum atomic E-state index is 11.1. The molecule has 0 saturated heterocycles. The first-order valence-electron chi connectivity index (χ1n) is 4.26. The minimum atomic E-state index is -0.518. The highest BCUT2D eigenvalue weighted by Crippen LogP contribution is 1.88. The van der Waals surface area contributed by atoms with Crippen LogP contribution in [-0.2, 0) is 14.3 Å². The number of amides is 1. The van der Waals surface area contributed by atoms with E-state index < -0.39 is 6.04 Å². The molecule has 2 N–H and O–H groups in total. The van der Waals surface area contributed by atoms with Gasteiger partial charge in [-0.1, -0.05) is 6.92 Å². The van der Waals surface area contributed by atoms with Gasteiger partial charge in [-0.2, -0.15) is 0 Å². The van der Waals surface area contributed by atoms with Crippen LogP contribution >= 0.6 is 0 Å². The predicted octanol–water partition coefficient (Wildman–Crippen LogP) is -0.0312. The van der Waals surface area contributed by atoms with Crippen molar-refractivity contribution in [2.45, 2.75) is 33.2 Å². The molecule has 0 aromatic carbocycles. The summed E-state index contributed by atoms with van der Waals surface area (Å²) in [5.74, 6) is -0.606. The smallest absolute Gasteiger partial charge is 0.324 e. The standard InChI is InChI=1S/C8H16N2O3/c1-4-5-13-8(12)6(2)9-10-7(3)11/h6,9H,4-5H2,1-3H3,(H,10,11)/t6-/m0/s1. The van der Waals surface area contributed by atoms with E-state index in [1.807, 2.05) is 6.92 Å². The van der Waals surface area contributed by atoms with Gasteiger partial charge in [0.1, 0.15) is 6.04 Å². The quantitative estimate of drug-likeness (QED) is 0.469. The van der Waals surface area contributed by atoms with Gasteiger partial charge in [-0.3, -0.25) is 15.0 Å². The molecule has 1 amide bonds. The van der Waals surface area contributed by atoms with Crippen LogP contribution in [0.4, 0.5) is 0 Å². The lowest BCUT2D eigenvalue weighted by atomic mass is 10.4. The van der Waals surface area contributed by atoms with E-state index in [1.54, 1.807) is 6.92 Å². The molecule has 0 radical (unpaired) electrons. The Hall–Kier alpha value is -1.10. The van der Waals surface area contributed by atoms with Crippen molar-refractivity contribution in [1.82, 2.24) is 10.9 Å². The lowest BCUT2D eigenvalue weighted by Crippen LogP contribution is -2.46. The molecule has 0 aromatic rings. The molecule has 0 rings (SSSR count). The highest BCUT2D eigenvalue weighted by Gasteiger charge is 2.13. The summed E-state index contributed by atoms with van der Waals surface area (Å²) in [5.41, 5.74) is 4.83. The molecule has 0 unspecified atom stereocenters. The summed E-state index contributed by atoms with van der Waals surface area (Å²) >= 11 is 0. The average molecular weight is 188 g/mol. The molecule has 0 saturated carbocycles. The third kappa shape index (κ3) is 6.10. The molecule has 0 spiro atoms. The van der Waals surface area contributed by atoms with Gasteiger partial charge in [0.2, 0.25) is 5.91 Å². The number of ether oxygens (including phenoxy) is 1. The number of carbonyl (C=O) groups excluding carboxylic acids is 2. The predicted molar refractivity (Wildman–Crippen MR) is 47.7 cm³/mol. The van der Waals surface area contributed by atoms with E-state index in [1.165, 1.54) is 6.92 Å². The molecule has 13 heavy (non-hydrogen) atoms. The summed E-state index contributed by atoms with van der Waals surface area (Å²) in [6.45, 7) is 5.30. The third-order valence-corrected chi connectivity index (χ3v) is 1.27.